The lowest BCUT2D eigenvalue weighted by Gasteiger charge is -2.13. The van der Waals surface area contributed by atoms with Crippen LogP contribution >= 0.6 is 11.6 Å². The van der Waals surface area contributed by atoms with Gasteiger partial charge in [-0.25, -0.2) is 9.97 Å². The molecule has 2 rings (SSSR count). The molecule has 0 aliphatic rings. The number of rotatable bonds is 6. The Kier molecular flexibility index (Phi) is 5.39. The van der Waals surface area contributed by atoms with Gasteiger partial charge in [0.15, 0.2) is 0 Å². The Morgan fingerprint density at radius 2 is 2.00 bits per heavy atom. The summed E-state index contributed by atoms with van der Waals surface area (Å²) in [4.78, 5) is 8.85. The quantitative estimate of drug-likeness (QED) is 0.819. The number of methoxy groups -OCH3 is 1. The van der Waals surface area contributed by atoms with Gasteiger partial charge in [-0.1, -0.05) is 36.7 Å². The van der Waals surface area contributed by atoms with Gasteiger partial charge in [0.2, 0.25) is 0 Å². The van der Waals surface area contributed by atoms with Gasteiger partial charge in [-0.3, -0.25) is 0 Å². The van der Waals surface area contributed by atoms with Gasteiger partial charge in [-0.05, 0) is 19.4 Å². The number of hydrogen-bond donors (Lipinski definition) is 1. The first-order chi connectivity index (χ1) is 10.2. The van der Waals surface area contributed by atoms with Crippen LogP contribution in [0.4, 0.5) is 5.82 Å². The minimum absolute atomic E-state index is 0.510. The van der Waals surface area contributed by atoms with E-state index >= 15 is 0 Å². The number of anilines is 1. The van der Waals surface area contributed by atoms with Crippen LogP contribution in [0, 0.1) is 6.92 Å². The predicted octanol–water partition coefficient (Wildman–Crippen LogP) is 4.01. The summed E-state index contributed by atoms with van der Waals surface area (Å²) >= 11 is 6.18. The third-order valence-corrected chi connectivity index (χ3v) is 3.61. The molecule has 1 aromatic heterocycles. The van der Waals surface area contributed by atoms with E-state index in [4.69, 9.17) is 16.3 Å². The Labute approximate surface area is 130 Å². The predicted molar refractivity (Wildman–Crippen MR) is 86.1 cm³/mol. The molecule has 0 aliphatic carbocycles. The zero-order chi connectivity index (χ0) is 15.2. The van der Waals surface area contributed by atoms with Gasteiger partial charge < -0.3 is 10.1 Å². The van der Waals surface area contributed by atoms with Crippen molar-refractivity contribution in [3.05, 3.63) is 46.4 Å². The van der Waals surface area contributed by atoms with E-state index in [2.05, 4.69) is 22.2 Å². The molecule has 0 atom stereocenters. The molecule has 0 radical (unpaired) electrons. The van der Waals surface area contributed by atoms with E-state index in [-0.39, 0.29) is 0 Å². The Morgan fingerprint density at radius 1 is 1.24 bits per heavy atom. The largest absolute Gasteiger partial charge is 0.496 e. The maximum atomic E-state index is 6.18. The van der Waals surface area contributed by atoms with Gasteiger partial charge in [-0.15, -0.1) is 0 Å². The Balaban J connectivity index is 2.19. The molecule has 0 amide bonds. The molecule has 4 nitrogen and oxygen atoms in total. The first-order valence-corrected chi connectivity index (χ1v) is 7.42. The van der Waals surface area contributed by atoms with E-state index in [9.17, 15) is 0 Å². The fraction of sp³-hybridized carbons (Fsp3) is 0.375. The van der Waals surface area contributed by atoms with Crippen LogP contribution in [-0.2, 0) is 13.0 Å². The van der Waals surface area contributed by atoms with E-state index in [1.807, 2.05) is 31.2 Å². The second-order valence-corrected chi connectivity index (χ2v) is 5.18. The van der Waals surface area contributed by atoms with Crippen molar-refractivity contribution in [3.63, 3.8) is 0 Å². The average Bonchev–Trinajstić information content (AvgIpc) is 2.50. The lowest BCUT2D eigenvalue weighted by atomic mass is 10.2. The molecule has 21 heavy (non-hydrogen) atoms. The van der Waals surface area contributed by atoms with E-state index in [1.54, 1.807) is 7.11 Å². The molecule has 1 heterocycles. The highest BCUT2D eigenvalue weighted by Crippen LogP contribution is 2.23. The molecule has 0 aliphatic heterocycles. The standard InChI is InChI=1S/C16H20ClN3O/c1-4-7-14-19-15(17)11(2)16(20-14)18-10-12-8-5-6-9-13(12)21-3/h5-6,8-9H,4,7,10H2,1-3H3,(H,18,19,20). The van der Waals surface area contributed by atoms with Gasteiger partial charge in [-0.2, -0.15) is 0 Å². The fourth-order valence-corrected chi connectivity index (χ4v) is 2.26. The molecule has 0 unspecified atom stereocenters. The van der Waals surface area contributed by atoms with Gasteiger partial charge in [0.1, 0.15) is 22.5 Å². The van der Waals surface area contributed by atoms with Crippen LogP contribution in [0.5, 0.6) is 5.75 Å². The average molecular weight is 306 g/mol. The van der Waals surface area contributed by atoms with Crippen LogP contribution in [-0.4, -0.2) is 17.1 Å². The molecule has 1 N–H and O–H groups in total. The highest BCUT2D eigenvalue weighted by molar-refractivity contribution is 6.30. The van der Waals surface area contributed by atoms with Crippen molar-refractivity contribution >= 4 is 17.4 Å². The van der Waals surface area contributed by atoms with Crippen molar-refractivity contribution in [2.75, 3.05) is 12.4 Å². The summed E-state index contributed by atoms with van der Waals surface area (Å²) in [5.41, 5.74) is 1.94. The molecule has 5 heteroatoms. The molecule has 2 aromatic rings. The maximum absolute atomic E-state index is 6.18. The zero-order valence-electron chi connectivity index (χ0n) is 12.6. The summed E-state index contributed by atoms with van der Waals surface area (Å²) in [6.45, 7) is 4.64. The van der Waals surface area contributed by atoms with E-state index in [0.29, 0.717) is 11.7 Å². The number of para-hydroxylation sites is 1. The van der Waals surface area contributed by atoms with Crippen molar-refractivity contribution in [1.29, 1.82) is 0 Å². The second kappa shape index (κ2) is 7.27. The summed E-state index contributed by atoms with van der Waals surface area (Å²) in [6.07, 6.45) is 1.81. The molecular formula is C16H20ClN3O. The van der Waals surface area contributed by atoms with Crippen molar-refractivity contribution in [2.24, 2.45) is 0 Å². The maximum Gasteiger partial charge on any atom is 0.137 e. The Morgan fingerprint density at radius 3 is 2.71 bits per heavy atom. The van der Waals surface area contributed by atoms with Crippen LogP contribution in [0.3, 0.4) is 0 Å². The number of ether oxygens (including phenoxy) is 1. The highest BCUT2D eigenvalue weighted by Gasteiger charge is 2.10. The number of halogens is 1. The molecule has 112 valence electrons. The molecule has 0 saturated carbocycles. The van der Waals surface area contributed by atoms with Crippen LogP contribution in [0.15, 0.2) is 24.3 Å². The Bertz CT molecular complexity index is 616. The summed E-state index contributed by atoms with van der Waals surface area (Å²) in [5, 5.41) is 3.84. The number of benzene rings is 1. The number of nitrogens with one attached hydrogen (secondary N) is 1. The third kappa shape index (κ3) is 3.85. The Hall–Kier alpha value is -1.81. The van der Waals surface area contributed by atoms with Crippen molar-refractivity contribution in [1.82, 2.24) is 9.97 Å². The number of aryl methyl sites for hydroxylation is 1. The molecule has 1 aromatic carbocycles. The third-order valence-electron chi connectivity index (χ3n) is 3.25. The van der Waals surface area contributed by atoms with Gasteiger partial charge >= 0.3 is 0 Å². The van der Waals surface area contributed by atoms with Crippen LogP contribution in [0.2, 0.25) is 5.15 Å². The van der Waals surface area contributed by atoms with Crippen LogP contribution in [0.25, 0.3) is 0 Å². The summed E-state index contributed by atoms with van der Waals surface area (Å²) < 4.78 is 5.35. The van der Waals surface area contributed by atoms with Crippen molar-refractivity contribution < 1.29 is 4.74 Å². The fourth-order valence-electron chi connectivity index (χ4n) is 2.07. The lowest BCUT2D eigenvalue weighted by molar-refractivity contribution is 0.410. The lowest BCUT2D eigenvalue weighted by Crippen LogP contribution is -2.08. The van der Waals surface area contributed by atoms with Gasteiger partial charge in [0, 0.05) is 24.1 Å². The van der Waals surface area contributed by atoms with Crippen LogP contribution in [0.1, 0.15) is 30.3 Å². The number of hydrogen-bond acceptors (Lipinski definition) is 4. The normalized spacial score (nSPS) is 10.5. The minimum atomic E-state index is 0.510. The number of aromatic nitrogens is 2. The molecular weight excluding hydrogens is 286 g/mol. The summed E-state index contributed by atoms with van der Waals surface area (Å²) in [6, 6.07) is 7.91. The minimum Gasteiger partial charge on any atom is -0.496 e. The van der Waals surface area contributed by atoms with E-state index < -0.39 is 0 Å². The topological polar surface area (TPSA) is 47.0 Å². The van der Waals surface area contributed by atoms with Crippen LogP contribution < -0.4 is 10.1 Å². The molecule has 0 spiro atoms. The second-order valence-electron chi connectivity index (χ2n) is 4.82. The zero-order valence-corrected chi connectivity index (χ0v) is 13.4. The van der Waals surface area contributed by atoms with Crippen molar-refractivity contribution in [2.45, 2.75) is 33.2 Å². The first-order valence-electron chi connectivity index (χ1n) is 7.04. The molecule has 0 bridgehead atoms. The summed E-state index contributed by atoms with van der Waals surface area (Å²) in [7, 11) is 1.67. The number of nitrogens with zero attached hydrogens (tertiary/aromatic N) is 2. The van der Waals surface area contributed by atoms with E-state index in [0.717, 1.165) is 41.4 Å². The van der Waals surface area contributed by atoms with Gasteiger partial charge in [0.05, 0.1) is 7.11 Å². The van der Waals surface area contributed by atoms with Crippen molar-refractivity contribution in [3.8, 4) is 5.75 Å². The monoisotopic (exact) mass is 305 g/mol. The highest BCUT2D eigenvalue weighted by atomic mass is 35.5. The van der Waals surface area contributed by atoms with E-state index in [1.165, 1.54) is 0 Å². The first kappa shape index (κ1) is 15.6. The molecule has 0 saturated heterocycles. The SMILES string of the molecule is CCCc1nc(Cl)c(C)c(NCc2ccccc2OC)n1. The van der Waals surface area contributed by atoms with Gasteiger partial charge in [0.25, 0.3) is 0 Å². The smallest absolute Gasteiger partial charge is 0.137 e. The molecule has 0 fully saturated rings. The summed E-state index contributed by atoms with van der Waals surface area (Å²) in [5.74, 6) is 2.41.